The highest BCUT2D eigenvalue weighted by atomic mass is 16.5. The lowest BCUT2D eigenvalue weighted by atomic mass is 9.42. The second kappa shape index (κ2) is 7.72. The van der Waals surface area contributed by atoms with Crippen LogP contribution in [0.5, 0.6) is 0 Å². The molecule has 5 rings (SSSR count). The number of hydrogen-bond donors (Lipinski definition) is 4. The van der Waals surface area contributed by atoms with Gasteiger partial charge in [0.2, 0.25) is 5.91 Å². The normalized spacial score (nSPS) is 52.9. The number of aliphatic hydroxyl groups is 3. The van der Waals surface area contributed by atoms with Crippen molar-refractivity contribution in [2.24, 2.45) is 40.4 Å². The lowest BCUT2D eigenvalue weighted by molar-refractivity contribution is -0.334. The number of carbonyl (C=O) groups excluding carboxylic acids is 2. The van der Waals surface area contributed by atoms with E-state index in [2.05, 4.69) is 19.2 Å². The van der Waals surface area contributed by atoms with Gasteiger partial charge in [0.15, 0.2) is 5.78 Å². The first-order valence-corrected chi connectivity index (χ1v) is 12.6. The summed E-state index contributed by atoms with van der Waals surface area (Å²) in [6.07, 6.45) is 0.468. The second-order valence-corrected chi connectivity index (χ2v) is 12.1. The summed E-state index contributed by atoms with van der Waals surface area (Å²) in [7, 11) is 0. The first-order valence-electron chi connectivity index (χ1n) is 12.6. The van der Waals surface area contributed by atoms with Gasteiger partial charge in [-0.25, -0.2) is 0 Å². The summed E-state index contributed by atoms with van der Waals surface area (Å²) in [6.45, 7) is 8.37. The lowest BCUT2D eigenvalue weighted by Crippen LogP contribution is -2.74. The smallest absolute Gasteiger partial charge is 0.225 e. The minimum absolute atomic E-state index is 0.0339. The third kappa shape index (κ3) is 3.07. The quantitative estimate of drug-likeness (QED) is 0.490. The Morgan fingerprint density at radius 1 is 1.15 bits per heavy atom. The number of fused-ring (bicyclic) bond motifs is 3. The molecular weight excluding hydrogens is 426 g/mol. The van der Waals surface area contributed by atoms with Crippen LogP contribution in [0.1, 0.15) is 59.8 Å². The molecule has 1 spiro atoms. The maximum Gasteiger partial charge on any atom is 0.225 e. The molecule has 3 aliphatic carbocycles. The van der Waals surface area contributed by atoms with Gasteiger partial charge in [0.1, 0.15) is 12.3 Å². The van der Waals surface area contributed by atoms with E-state index in [0.29, 0.717) is 18.8 Å². The average molecular weight is 466 g/mol. The molecule has 1 amide bonds. The maximum absolute atomic E-state index is 13.5. The number of hydrogen-bond acceptors (Lipinski definition) is 7. The molecule has 0 radical (unpaired) electrons. The molecule has 2 aliphatic heterocycles. The molecule has 186 valence electrons. The number of ether oxygens (including phenoxy) is 2. The minimum Gasteiger partial charge on any atom is -0.394 e. The van der Waals surface area contributed by atoms with E-state index in [4.69, 9.17) is 9.47 Å². The van der Waals surface area contributed by atoms with Crippen LogP contribution in [0.25, 0.3) is 0 Å². The van der Waals surface area contributed by atoms with Gasteiger partial charge in [0.05, 0.1) is 36.9 Å². The lowest BCUT2D eigenvalue weighted by Gasteiger charge is -2.70. The van der Waals surface area contributed by atoms with Gasteiger partial charge in [-0.1, -0.05) is 27.7 Å². The molecule has 11 atom stereocenters. The molecule has 0 aromatic carbocycles. The summed E-state index contributed by atoms with van der Waals surface area (Å²) in [5.74, 6) is -0.965. The molecule has 3 saturated carbocycles. The van der Waals surface area contributed by atoms with Gasteiger partial charge >= 0.3 is 0 Å². The van der Waals surface area contributed by atoms with Crippen molar-refractivity contribution in [2.45, 2.75) is 89.9 Å². The monoisotopic (exact) mass is 465 g/mol. The van der Waals surface area contributed by atoms with E-state index in [1.165, 1.54) is 0 Å². The Balaban J connectivity index is 1.61. The van der Waals surface area contributed by atoms with Gasteiger partial charge in [-0.05, 0) is 31.6 Å². The Kier molecular flexibility index (Phi) is 5.54. The van der Waals surface area contributed by atoms with Crippen LogP contribution in [0, 0.1) is 40.4 Å². The molecular formula is C25H39NO7. The van der Waals surface area contributed by atoms with Crippen LogP contribution in [-0.4, -0.2) is 70.4 Å². The molecule has 8 nitrogen and oxygen atoms in total. The van der Waals surface area contributed by atoms with Crippen molar-refractivity contribution in [3.8, 4) is 0 Å². The third-order valence-electron chi connectivity index (χ3n) is 10.5. The first kappa shape index (κ1) is 23.7. The standard InChI is InChI=1S/C25H39NO7/c1-12-5-6-17-23(2,3)20(29)16(32-8-7-27)11-25(17)24(12,4)10-14-15(28)9-13-18(19(14)33-25)22(31)26-21(13)30/h12-19,22,27-28,31H,5-11H2,1-4H3,(H,26,30). The number of rotatable bonds is 3. The van der Waals surface area contributed by atoms with Crippen LogP contribution in [0.4, 0.5) is 0 Å². The topological polar surface area (TPSA) is 125 Å². The Morgan fingerprint density at radius 2 is 1.88 bits per heavy atom. The molecule has 8 heteroatoms. The number of ketones is 1. The molecule has 0 aromatic heterocycles. The van der Waals surface area contributed by atoms with Gasteiger partial charge in [-0.3, -0.25) is 9.59 Å². The Labute approximate surface area is 195 Å². The number of nitrogens with one attached hydrogen (secondary N) is 1. The van der Waals surface area contributed by atoms with Crippen molar-refractivity contribution in [3.63, 3.8) is 0 Å². The second-order valence-electron chi connectivity index (χ2n) is 12.1. The highest BCUT2D eigenvalue weighted by Gasteiger charge is 2.72. The first-order chi connectivity index (χ1) is 15.5. The van der Waals surface area contributed by atoms with E-state index in [-0.39, 0.29) is 42.2 Å². The summed E-state index contributed by atoms with van der Waals surface area (Å²) in [6, 6.07) is 0. The van der Waals surface area contributed by atoms with E-state index in [1.807, 2.05) is 13.8 Å². The zero-order valence-corrected chi connectivity index (χ0v) is 20.1. The summed E-state index contributed by atoms with van der Waals surface area (Å²) in [5, 5.41) is 33.8. The van der Waals surface area contributed by atoms with Gasteiger partial charge in [0.25, 0.3) is 0 Å². The molecule has 5 fully saturated rings. The van der Waals surface area contributed by atoms with Crippen molar-refractivity contribution in [1.29, 1.82) is 0 Å². The molecule has 2 saturated heterocycles. The van der Waals surface area contributed by atoms with Crippen molar-refractivity contribution < 1.29 is 34.4 Å². The molecule has 0 aromatic rings. The minimum atomic E-state index is -0.998. The number of Topliss-reactive ketones (excluding diaryl/α,β-unsaturated/α-hetero) is 1. The SMILES string of the molecule is CC1CCC2C(C)(C)C(=O)C(OCCO)CC23OC2C(CC13C)C(O)CC1C(=O)NC(O)C12. The molecule has 0 bridgehead atoms. The van der Waals surface area contributed by atoms with E-state index >= 15 is 0 Å². The van der Waals surface area contributed by atoms with Gasteiger partial charge < -0.3 is 30.1 Å². The fraction of sp³-hybridized carbons (Fsp3) is 0.920. The summed E-state index contributed by atoms with van der Waals surface area (Å²) < 4.78 is 13.0. The summed E-state index contributed by atoms with van der Waals surface area (Å²) in [5.41, 5.74) is -1.66. The van der Waals surface area contributed by atoms with Crippen LogP contribution in [0.2, 0.25) is 0 Å². The number of aliphatic hydroxyl groups excluding tert-OH is 3. The van der Waals surface area contributed by atoms with E-state index in [0.717, 1.165) is 19.3 Å². The maximum atomic E-state index is 13.5. The Hall–Kier alpha value is -1.06. The number of carbonyl (C=O) groups is 2. The molecule has 33 heavy (non-hydrogen) atoms. The summed E-state index contributed by atoms with van der Waals surface area (Å²) >= 11 is 0. The van der Waals surface area contributed by atoms with Crippen molar-refractivity contribution >= 4 is 11.7 Å². The number of amides is 1. The Bertz CT molecular complexity index is 832. The van der Waals surface area contributed by atoms with Crippen molar-refractivity contribution in [2.75, 3.05) is 13.2 Å². The largest absolute Gasteiger partial charge is 0.394 e. The van der Waals surface area contributed by atoms with Crippen LogP contribution in [0.3, 0.4) is 0 Å². The van der Waals surface area contributed by atoms with Crippen molar-refractivity contribution in [3.05, 3.63) is 0 Å². The van der Waals surface area contributed by atoms with E-state index in [9.17, 15) is 24.9 Å². The fourth-order valence-electron chi connectivity index (χ4n) is 8.53. The zero-order valence-electron chi connectivity index (χ0n) is 20.1. The van der Waals surface area contributed by atoms with Gasteiger partial charge in [0, 0.05) is 35.0 Å². The van der Waals surface area contributed by atoms with Crippen molar-refractivity contribution in [1.82, 2.24) is 5.32 Å². The summed E-state index contributed by atoms with van der Waals surface area (Å²) in [4.78, 5) is 26.0. The Morgan fingerprint density at radius 3 is 2.58 bits per heavy atom. The van der Waals surface area contributed by atoms with Crippen LogP contribution >= 0.6 is 0 Å². The molecule has 11 unspecified atom stereocenters. The van der Waals surface area contributed by atoms with Crippen LogP contribution in [0.15, 0.2) is 0 Å². The third-order valence-corrected chi connectivity index (χ3v) is 10.5. The van der Waals surface area contributed by atoms with Crippen LogP contribution in [-0.2, 0) is 19.1 Å². The highest BCUT2D eigenvalue weighted by Crippen LogP contribution is 2.68. The molecule has 5 aliphatic rings. The zero-order chi connectivity index (χ0) is 23.9. The highest BCUT2D eigenvalue weighted by molar-refractivity contribution is 5.90. The van der Waals surface area contributed by atoms with Gasteiger partial charge in [-0.2, -0.15) is 0 Å². The molecule has 2 heterocycles. The van der Waals surface area contributed by atoms with E-state index in [1.54, 1.807) is 0 Å². The van der Waals surface area contributed by atoms with Gasteiger partial charge in [-0.15, -0.1) is 0 Å². The average Bonchev–Trinajstić information content (AvgIpc) is 3.03. The predicted molar refractivity (Wildman–Crippen MR) is 118 cm³/mol. The fourth-order valence-corrected chi connectivity index (χ4v) is 8.53. The molecule has 4 N–H and O–H groups in total. The predicted octanol–water partition coefficient (Wildman–Crippen LogP) is 1.00. The van der Waals surface area contributed by atoms with Crippen LogP contribution < -0.4 is 5.32 Å². The van der Waals surface area contributed by atoms with E-state index < -0.39 is 47.4 Å².